The van der Waals surface area contributed by atoms with Crippen molar-refractivity contribution in [2.24, 2.45) is 0 Å². The molecule has 2 aromatic heterocycles. The van der Waals surface area contributed by atoms with Gasteiger partial charge in [0.2, 0.25) is 5.16 Å². The zero-order chi connectivity index (χ0) is 16.5. The van der Waals surface area contributed by atoms with Gasteiger partial charge in [0.25, 0.3) is 0 Å². The molecule has 0 saturated carbocycles. The van der Waals surface area contributed by atoms with Crippen molar-refractivity contribution in [3.05, 3.63) is 65.3 Å². The number of tetrazole rings is 1. The molecular weight excluding hydrogens is 342 g/mol. The third kappa shape index (κ3) is 2.86. The first kappa shape index (κ1) is 15.1. The van der Waals surface area contributed by atoms with Crippen molar-refractivity contribution in [1.29, 1.82) is 0 Å². The number of benzene rings is 2. The number of hydrogen-bond acceptors (Lipinski definition) is 5. The van der Waals surface area contributed by atoms with E-state index in [9.17, 15) is 0 Å². The maximum atomic E-state index is 6.05. The van der Waals surface area contributed by atoms with Gasteiger partial charge in [-0.1, -0.05) is 35.4 Å². The predicted molar refractivity (Wildman–Crippen MR) is 94.8 cm³/mol. The van der Waals surface area contributed by atoms with Crippen LogP contribution in [0, 0.1) is 6.92 Å². The third-order valence-corrected chi connectivity index (χ3v) is 4.83. The monoisotopic (exact) mass is 353 g/mol. The smallest absolute Gasteiger partial charge is 0.218 e. The number of hydrogen-bond donors (Lipinski definition) is 0. The van der Waals surface area contributed by atoms with E-state index in [0.717, 1.165) is 21.5 Å². The third-order valence-electron chi connectivity index (χ3n) is 3.59. The Hall–Kier alpha value is -2.44. The lowest BCUT2D eigenvalue weighted by Gasteiger charge is -2.07. The van der Waals surface area contributed by atoms with Crippen LogP contribution in [0.4, 0.5) is 0 Å². The Morgan fingerprint density at radius 3 is 2.71 bits per heavy atom. The highest BCUT2D eigenvalue weighted by molar-refractivity contribution is 7.99. The summed E-state index contributed by atoms with van der Waals surface area (Å²) in [4.78, 5) is 5.39. The summed E-state index contributed by atoms with van der Waals surface area (Å²) in [6, 6.07) is 15.7. The van der Waals surface area contributed by atoms with Crippen LogP contribution in [0.25, 0.3) is 16.6 Å². The maximum absolute atomic E-state index is 6.05. The number of aromatic nitrogens is 5. The van der Waals surface area contributed by atoms with Crippen LogP contribution in [0.5, 0.6) is 0 Å². The molecule has 0 aliphatic heterocycles. The van der Waals surface area contributed by atoms with E-state index in [-0.39, 0.29) is 0 Å². The van der Waals surface area contributed by atoms with Crippen molar-refractivity contribution < 1.29 is 0 Å². The van der Waals surface area contributed by atoms with Crippen LogP contribution in [-0.4, -0.2) is 25.2 Å². The topological polar surface area (TPSA) is 56.5 Å². The van der Waals surface area contributed by atoms with Crippen molar-refractivity contribution in [2.45, 2.75) is 17.0 Å². The second-order valence-electron chi connectivity index (χ2n) is 5.28. The molecule has 4 rings (SSSR count). The molecular formula is C17H12ClN5S. The van der Waals surface area contributed by atoms with Gasteiger partial charge in [0.1, 0.15) is 0 Å². The fourth-order valence-corrected chi connectivity index (χ4v) is 3.45. The molecule has 0 unspecified atom stereocenters. The molecule has 7 heteroatoms. The summed E-state index contributed by atoms with van der Waals surface area (Å²) in [6.45, 7) is 2.05. The van der Waals surface area contributed by atoms with Gasteiger partial charge in [-0.25, -0.2) is 0 Å². The Morgan fingerprint density at radius 1 is 1.04 bits per heavy atom. The van der Waals surface area contributed by atoms with E-state index < -0.39 is 0 Å². The maximum Gasteiger partial charge on any atom is 0.218 e. The van der Waals surface area contributed by atoms with E-state index in [1.807, 2.05) is 55.5 Å². The standard InChI is InChI=1S/C17H12ClN5S/c1-11-2-5-13(6-3-11)23-17(20-21-22-23)24-16-8-9-19-15-10-12(18)4-7-14(15)16/h2-10H,1H3. The van der Waals surface area contributed by atoms with Crippen molar-refractivity contribution in [3.63, 3.8) is 0 Å². The molecule has 0 amide bonds. The van der Waals surface area contributed by atoms with Crippen LogP contribution in [0.2, 0.25) is 5.02 Å². The molecule has 2 heterocycles. The van der Waals surface area contributed by atoms with Gasteiger partial charge in [-0.2, -0.15) is 4.68 Å². The number of fused-ring (bicyclic) bond motifs is 1. The molecule has 0 bridgehead atoms. The lowest BCUT2D eigenvalue weighted by molar-refractivity contribution is 0.756. The number of rotatable bonds is 3. The van der Waals surface area contributed by atoms with Crippen molar-refractivity contribution in [1.82, 2.24) is 25.2 Å². The van der Waals surface area contributed by atoms with Crippen LogP contribution in [-0.2, 0) is 0 Å². The number of pyridine rings is 1. The van der Waals surface area contributed by atoms with Gasteiger partial charge in [0, 0.05) is 21.5 Å². The zero-order valence-electron chi connectivity index (χ0n) is 12.7. The molecule has 0 N–H and O–H groups in total. The first-order valence-corrected chi connectivity index (χ1v) is 8.48. The number of aryl methyl sites for hydroxylation is 1. The first-order valence-electron chi connectivity index (χ1n) is 7.28. The summed E-state index contributed by atoms with van der Waals surface area (Å²) in [5.41, 5.74) is 2.97. The Balaban J connectivity index is 1.75. The molecule has 24 heavy (non-hydrogen) atoms. The predicted octanol–water partition coefficient (Wildman–Crippen LogP) is 4.32. The molecule has 118 valence electrons. The average molecular weight is 354 g/mol. The zero-order valence-corrected chi connectivity index (χ0v) is 14.3. The van der Waals surface area contributed by atoms with Crippen LogP contribution in [0.3, 0.4) is 0 Å². The summed E-state index contributed by atoms with van der Waals surface area (Å²) in [6.07, 6.45) is 1.76. The largest absolute Gasteiger partial charge is 0.256 e. The fraction of sp³-hybridized carbons (Fsp3) is 0.0588. The molecule has 4 aromatic rings. The molecule has 0 atom stereocenters. The Kier molecular flexibility index (Phi) is 3.92. The van der Waals surface area contributed by atoms with E-state index in [1.54, 1.807) is 10.9 Å². The summed E-state index contributed by atoms with van der Waals surface area (Å²) in [7, 11) is 0. The Labute approximate surface area is 147 Å². The minimum Gasteiger partial charge on any atom is -0.256 e. The normalized spacial score (nSPS) is 11.1. The SMILES string of the molecule is Cc1ccc(-n2nnnc2Sc2ccnc3cc(Cl)ccc23)cc1. The molecule has 2 aromatic carbocycles. The lowest BCUT2D eigenvalue weighted by atomic mass is 10.2. The molecule has 0 spiro atoms. The Morgan fingerprint density at radius 2 is 1.88 bits per heavy atom. The highest BCUT2D eigenvalue weighted by Crippen LogP contribution is 2.33. The highest BCUT2D eigenvalue weighted by atomic mass is 35.5. The summed E-state index contributed by atoms with van der Waals surface area (Å²) < 4.78 is 1.73. The quantitative estimate of drug-likeness (QED) is 0.549. The van der Waals surface area contributed by atoms with Crippen LogP contribution < -0.4 is 0 Å². The van der Waals surface area contributed by atoms with Gasteiger partial charge in [-0.3, -0.25) is 4.98 Å². The van der Waals surface area contributed by atoms with Crippen molar-refractivity contribution in [2.75, 3.05) is 0 Å². The van der Waals surface area contributed by atoms with Gasteiger partial charge in [-0.15, -0.1) is 5.10 Å². The van der Waals surface area contributed by atoms with Crippen LogP contribution in [0.15, 0.2) is 64.8 Å². The minimum atomic E-state index is 0.668. The van der Waals surface area contributed by atoms with E-state index >= 15 is 0 Å². The molecule has 0 aliphatic carbocycles. The van der Waals surface area contributed by atoms with Crippen LogP contribution in [0.1, 0.15) is 5.56 Å². The van der Waals surface area contributed by atoms with E-state index in [1.165, 1.54) is 17.3 Å². The molecule has 0 radical (unpaired) electrons. The van der Waals surface area contributed by atoms with Gasteiger partial charge in [0.15, 0.2) is 0 Å². The summed E-state index contributed by atoms with van der Waals surface area (Å²) >= 11 is 7.55. The lowest BCUT2D eigenvalue weighted by Crippen LogP contribution is -1.98. The molecule has 0 aliphatic rings. The van der Waals surface area contributed by atoms with E-state index in [4.69, 9.17) is 11.6 Å². The average Bonchev–Trinajstić information content (AvgIpc) is 3.04. The second-order valence-corrected chi connectivity index (χ2v) is 6.73. The van der Waals surface area contributed by atoms with Crippen molar-refractivity contribution >= 4 is 34.3 Å². The first-order chi connectivity index (χ1) is 11.7. The molecule has 5 nitrogen and oxygen atoms in total. The highest BCUT2D eigenvalue weighted by Gasteiger charge is 2.12. The van der Waals surface area contributed by atoms with E-state index in [0.29, 0.717) is 10.2 Å². The van der Waals surface area contributed by atoms with E-state index in [2.05, 4.69) is 20.5 Å². The second kappa shape index (κ2) is 6.22. The van der Waals surface area contributed by atoms with Gasteiger partial charge in [0.05, 0.1) is 11.2 Å². The minimum absolute atomic E-state index is 0.668. The fourth-order valence-electron chi connectivity index (χ4n) is 2.37. The van der Waals surface area contributed by atoms with Gasteiger partial charge < -0.3 is 0 Å². The molecule has 0 fully saturated rings. The van der Waals surface area contributed by atoms with Crippen LogP contribution >= 0.6 is 23.4 Å². The summed E-state index contributed by atoms with van der Waals surface area (Å²) in [5, 5.41) is 14.5. The Bertz CT molecular complexity index is 1010. The summed E-state index contributed by atoms with van der Waals surface area (Å²) in [5.74, 6) is 0. The number of nitrogens with zero attached hydrogens (tertiary/aromatic N) is 5. The van der Waals surface area contributed by atoms with Gasteiger partial charge in [-0.05, 0) is 59.4 Å². The van der Waals surface area contributed by atoms with Gasteiger partial charge >= 0.3 is 0 Å². The number of halogens is 1. The van der Waals surface area contributed by atoms with Crippen molar-refractivity contribution in [3.8, 4) is 5.69 Å². The molecule has 0 saturated heterocycles.